The predicted octanol–water partition coefficient (Wildman–Crippen LogP) is 3.97. The molecule has 0 saturated carbocycles. The van der Waals surface area contributed by atoms with Crippen LogP contribution in [0.2, 0.25) is 0 Å². The van der Waals surface area contributed by atoms with E-state index >= 15 is 0 Å². The van der Waals surface area contributed by atoms with Crippen LogP contribution in [0, 0.1) is 32.1 Å². The fourth-order valence-electron chi connectivity index (χ4n) is 2.18. The van der Waals surface area contributed by atoms with E-state index in [4.69, 9.17) is 11.6 Å². The first-order valence-corrected chi connectivity index (χ1v) is 8.51. The molecule has 2 amide bonds. The number of halogens is 1. The summed E-state index contributed by atoms with van der Waals surface area (Å²) in [6, 6.07) is 7.68. The SMILES string of the molecule is Cc1cccc(NC(=O)c2sc(NC(=O)CCl)c(C#N)c2C)c1C. The van der Waals surface area contributed by atoms with Crippen LogP contribution < -0.4 is 10.6 Å². The van der Waals surface area contributed by atoms with Crippen LogP contribution in [0.1, 0.15) is 31.9 Å². The van der Waals surface area contributed by atoms with Gasteiger partial charge in [0.25, 0.3) is 5.91 Å². The van der Waals surface area contributed by atoms with Crippen molar-refractivity contribution in [2.45, 2.75) is 20.8 Å². The van der Waals surface area contributed by atoms with Crippen molar-refractivity contribution in [3.63, 3.8) is 0 Å². The molecule has 124 valence electrons. The largest absolute Gasteiger partial charge is 0.321 e. The van der Waals surface area contributed by atoms with Crippen molar-refractivity contribution >= 4 is 45.4 Å². The highest BCUT2D eigenvalue weighted by Crippen LogP contribution is 2.33. The Morgan fingerprint density at radius 1 is 1.21 bits per heavy atom. The Kier molecular flexibility index (Phi) is 5.60. The van der Waals surface area contributed by atoms with Crippen LogP contribution in [0.4, 0.5) is 10.7 Å². The zero-order valence-corrected chi connectivity index (χ0v) is 15.1. The lowest BCUT2D eigenvalue weighted by atomic mass is 10.1. The summed E-state index contributed by atoms with van der Waals surface area (Å²) in [5, 5.41) is 15.1. The van der Waals surface area contributed by atoms with E-state index in [2.05, 4.69) is 10.6 Å². The quantitative estimate of drug-likeness (QED) is 0.808. The minimum Gasteiger partial charge on any atom is -0.321 e. The van der Waals surface area contributed by atoms with Gasteiger partial charge in [-0.25, -0.2) is 0 Å². The standard InChI is InChI=1S/C17H16ClN3O2S/c1-9-5-4-6-13(10(9)2)20-16(23)15-11(3)12(8-19)17(24-15)21-14(22)7-18/h4-6H,7H2,1-3H3,(H,20,23)(H,21,22). The maximum atomic E-state index is 12.6. The van der Waals surface area contributed by atoms with Crippen LogP contribution in [-0.2, 0) is 4.79 Å². The van der Waals surface area contributed by atoms with E-state index in [0.717, 1.165) is 28.2 Å². The van der Waals surface area contributed by atoms with Crippen LogP contribution in [0.5, 0.6) is 0 Å². The summed E-state index contributed by atoms with van der Waals surface area (Å²) in [4.78, 5) is 24.4. The maximum absolute atomic E-state index is 12.6. The summed E-state index contributed by atoms with van der Waals surface area (Å²) < 4.78 is 0. The molecule has 0 bridgehead atoms. The fraction of sp³-hybridized carbons (Fsp3) is 0.235. The summed E-state index contributed by atoms with van der Waals surface area (Å²) >= 11 is 6.54. The average molecular weight is 362 g/mol. The molecule has 5 nitrogen and oxygen atoms in total. The number of anilines is 2. The highest BCUT2D eigenvalue weighted by atomic mass is 35.5. The van der Waals surface area contributed by atoms with E-state index in [1.54, 1.807) is 6.92 Å². The monoisotopic (exact) mass is 361 g/mol. The highest BCUT2D eigenvalue weighted by Gasteiger charge is 2.21. The molecule has 1 heterocycles. The van der Waals surface area contributed by atoms with Gasteiger partial charge in [0, 0.05) is 5.69 Å². The third-order valence-electron chi connectivity index (χ3n) is 3.69. The van der Waals surface area contributed by atoms with E-state index in [1.165, 1.54) is 0 Å². The van der Waals surface area contributed by atoms with E-state index in [-0.39, 0.29) is 17.4 Å². The van der Waals surface area contributed by atoms with Crippen molar-refractivity contribution in [2.24, 2.45) is 0 Å². The number of carbonyl (C=O) groups is 2. The molecule has 0 aliphatic heterocycles. The fourth-order valence-corrected chi connectivity index (χ4v) is 3.31. The van der Waals surface area contributed by atoms with Crippen molar-refractivity contribution in [2.75, 3.05) is 16.5 Å². The second-order valence-electron chi connectivity index (χ2n) is 5.26. The number of thiophene rings is 1. The van der Waals surface area contributed by atoms with Gasteiger partial charge >= 0.3 is 0 Å². The number of amides is 2. The molecular weight excluding hydrogens is 346 g/mol. The molecular formula is C17H16ClN3O2S. The Morgan fingerprint density at radius 2 is 1.92 bits per heavy atom. The Hall–Kier alpha value is -2.36. The second-order valence-corrected chi connectivity index (χ2v) is 6.54. The summed E-state index contributed by atoms with van der Waals surface area (Å²) in [7, 11) is 0. The van der Waals surface area contributed by atoms with E-state index in [1.807, 2.05) is 38.1 Å². The zero-order valence-electron chi connectivity index (χ0n) is 13.5. The van der Waals surface area contributed by atoms with Gasteiger partial charge in [-0.2, -0.15) is 5.26 Å². The van der Waals surface area contributed by atoms with Crippen LogP contribution >= 0.6 is 22.9 Å². The average Bonchev–Trinajstić information content (AvgIpc) is 2.87. The lowest BCUT2D eigenvalue weighted by Crippen LogP contribution is -2.12. The van der Waals surface area contributed by atoms with Gasteiger partial charge in [-0.3, -0.25) is 9.59 Å². The number of benzene rings is 1. The van der Waals surface area contributed by atoms with Crippen LogP contribution in [0.15, 0.2) is 18.2 Å². The van der Waals surface area contributed by atoms with E-state index in [9.17, 15) is 14.9 Å². The number of nitrogens with zero attached hydrogens (tertiary/aromatic N) is 1. The minimum absolute atomic E-state index is 0.216. The first-order chi connectivity index (χ1) is 11.4. The molecule has 24 heavy (non-hydrogen) atoms. The lowest BCUT2D eigenvalue weighted by molar-refractivity contribution is -0.113. The third kappa shape index (κ3) is 3.58. The Balaban J connectivity index is 2.34. The van der Waals surface area contributed by atoms with Crippen molar-refractivity contribution in [1.29, 1.82) is 5.26 Å². The normalized spacial score (nSPS) is 10.1. The van der Waals surface area contributed by atoms with Gasteiger partial charge in [-0.05, 0) is 43.5 Å². The highest BCUT2D eigenvalue weighted by molar-refractivity contribution is 7.18. The van der Waals surface area contributed by atoms with Gasteiger partial charge in [0.1, 0.15) is 17.0 Å². The molecule has 0 radical (unpaired) electrons. The number of carbonyl (C=O) groups excluding carboxylic acids is 2. The van der Waals surface area contributed by atoms with Gasteiger partial charge in [0.2, 0.25) is 5.91 Å². The number of hydrogen-bond acceptors (Lipinski definition) is 4. The van der Waals surface area contributed by atoms with Crippen LogP contribution in [-0.4, -0.2) is 17.7 Å². The molecule has 0 saturated heterocycles. The molecule has 2 aromatic rings. The van der Waals surface area contributed by atoms with E-state index < -0.39 is 5.91 Å². The predicted molar refractivity (Wildman–Crippen MR) is 97.0 cm³/mol. The molecule has 0 unspecified atom stereocenters. The molecule has 0 spiro atoms. The third-order valence-corrected chi connectivity index (χ3v) is 5.14. The van der Waals surface area contributed by atoms with Gasteiger partial charge in [-0.15, -0.1) is 22.9 Å². The molecule has 0 aliphatic carbocycles. The molecule has 0 fully saturated rings. The van der Waals surface area contributed by atoms with Gasteiger partial charge in [0.15, 0.2) is 0 Å². The molecule has 0 atom stereocenters. The summed E-state index contributed by atoms with van der Waals surface area (Å²) in [6.07, 6.45) is 0. The zero-order chi connectivity index (χ0) is 17.9. The molecule has 2 rings (SSSR count). The minimum atomic E-state index is -0.420. The number of aryl methyl sites for hydroxylation is 1. The molecule has 1 aromatic carbocycles. The van der Waals surface area contributed by atoms with Gasteiger partial charge in [0.05, 0.1) is 10.4 Å². The molecule has 0 aliphatic rings. The van der Waals surface area contributed by atoms with Crippen molar-refractivity contribution in [3.05, 3.63) is 45.3 Å². The Bertz CT molecular complexity index is 852. The van der Waals surface area contributed by atoms with Crippen LogP contribution in [0.25, 0.3) is 0 Å². The molecule has 7 heteroatoms. The van der Waals surface area contributed by atoms with E-state index in [0.29, 0.717) is 15.4 Å². The first kappa shape index (κ1) is 18.0. The van der Waals surface area contributed by atoms with Crippen molar-refractivity contribution in [3.8, 4) is 6.07 Å². The first-order valence-electron chi connectivity index (χ1n) is 7.15. The maximum Gasteiger partial charge on any atom is 0.266 e. The second kappa shape index (κ2) is 7.47. The summed E-state index contributed by atoms with van der Waals surface area (Å²) in [5.74, 6) is -0.948. The number of nitriles is 1. The van der Waals surface area contributed by atoms with Crippen molar-refractivity contribution in [1.82, 2.24) is 0 Å². The van der Waals surface area contributed by atoms with Gasteiger partial charge in [-0.1, -0.05) is 12.1 Å². The molecule has 2 N–H and O–H groups in total. The Labute approximate surface area is 149 Å². The number of hydrogen-bond donors (Lipinski definition) is 2. The number of alkyl halides is 1. The molecule has 1 aromatic heterocycles. The van der Waals surface area contributed by atoms with Gasteiger partial charge < -0.3 is 10.6 Å². The van der Waals surface area contributed by atoms with Crippen molar-refractivity contribution < 1.29 is 9.59 Å². The van der Waals surface area contributed by atoms with Crippen LogP contribution in [0.3, 0.4) is 0 Å². The number of nitrogens with one attached hydrogen (secondary N) is 2. The lowest BCUT2D eigenvalue weighted by Gasteiger charge is -2.09. The smallest absolute Gasteiger partial charge is 0.266 e. The summed E-state index contributed by atoms with van der Waals surface area (Å²) in [5.41, 5.74) is 3.59. The number of rotatable bonds is 4. The summed E-state index contributed by atoms with van der Waals surface area (Å²) in [6.45, 7) is 5.58. The Morgan fingerprint density at radius 3 is 2.54 bits per heavy atom. The topological polar surface area (TPSA) is 82.0 Å².